The molecular weight excluding hydrogens is 172 g/mol. The average molecular weight is 183 g/mol. The molecule has 0 radical (unpaired) electrons. The third kappa shape index (κ3) is 1.28. The number of hydrogen-bond acceptors (Lipinski definition) is 1. The van der Waals surface area contributed by atoms with E-state index in [9.17, 15) is 8.78 Å². The molecule has 1 aromatic carbocycles. The van der Waals surface area contributed by atoms with Gasteiger partial charge in [-0.3, -0.25) is 0 Å². The Labute approximate surface area is 75.8 Å². The van der Waals surface area contributed by atoms with Gasteiger partial charge in [-0.1, -0.05) is 12.1 Å². The van der Waals surface area contributed by atoms with Crippen LogP contribution in [-0.2, 0) is 5.67 Å². The third-order valence-electron chi connectivity index (χ3n) is 2.47. The maximum absolute atomic E-state index is 13.8. The highest BCUT2D eigenvalue weighted by Crippen LogP contribution is 2.38. The quantitative estimate of drug-likeness (QED) is 0.652. The van der Waals surface area contributed by atoms with Crippen molar-refractivity contribution in [3.63, 3.8) is 0 Å². The van der Waals surface area contributed by atoms with Crippen molar-refractivity contribution in [1.29, 1.82) is 0 Å². The van der Waals surface area contributed by atoms with Gasteiger partial charge in [-0.05, 0) is 13.0 Å². The van der Waals surface area contributed by atoms with Crippen LogP contribution in [0.3, 0.4) is 0 Å². The van der Waals surface area contributed by atoms with Crippen LogP contribution in [-0.4, -0.2) is 6.54 Å². The van der Waals surface area contributed by atoms with Gasteiger partial charge in [0.25, 0.3) is 0 Å². The number of halogens is 2. The van der Waals surface area contributed by atoms with E-state index in [-0.39, 0.29) is 5.82 Å². The van der Waals surface area contributed by atoms with Crippen LogP contribution in [0.4, 0.5) is 14.5 Å². The van der Waals surface area contributed by atoms with E-state index in [0.717, 1.165) is 0 Å². The Balaban J connectivity index is 2.58. The molecule has 0 aromatic heterocycles. The fourth-order valence-electron chi connectivity index (χ4n) is 1.70. The molecule has 1 N–H and O–H groups in total. The highest BCUT2D eigenvalue weighted by molar-refractivity contribution is 5.56. The normalized spacial score (nSPS) is 26.4. The standard InChI is InChI=1S/C10H11F2N/c1-10(12)5-6-13-9-7(10)3-2-4-8(9)11/h2-4,13H,5-6H2,1H3. The van der Waals surface area contributed by atoms with Gasteiger partial charge >= 0.3 is 0 Å². The summed E-state index contributed by atoms with van der Waals surface area (Å²) >= 11 is 0. The second-order valence-electron chi connectivity index (χ2n) is 3.54. The van der Waals surface area contributed by atoms with E-state index in [1.807, 2.05) is 0 Å². The lowest BCUT2D eigenvalue weighted by Gasteiger charge is -2.29. The minimum absolute atomic E-state index is 0.318. The van der Waals surface area contributed by atoms with E-state index < -0.39 is 5.67 Å². The number of benzene rings is 1. The zero-order valence-electron chi connectivity index (χ0n) is 7.40. The summed E-state index contributed by atoms with van der Waals surface area (Å²) in [4.78, 5) is 0. The molecule has 0 fully saturated rings. The number of hydrogen-bond donors (Lipinski definition) is 1. The lowest BCUT2D eigenvalue weighted by Crippen LogP contribution is -2.27. The molecule has 0 saturated heterocycles. The van der Waals surface area contributed by atoms with Crippen LogP contribution in [0.1, 0.15) is 18.9 Å². The number of para-hydroxylation sites is 1. The van der Waals surface area contributed by atoms with E-state index in [1.54, 1.807) is 12.1 Å². The van der Waals surface area contributed by atoms with Gasteiger partial charge in [-0.25, -0.2) is 8.78 Å². The summed E-state index contributed by atoms with van der Waals surface area (Å²) in [6.07, 6.45) is 0.392. The maximum atomic E-state index is 13.8. The van der Waals surface area contributed by atoms with E-state index in [4.69, 9.17) is 0 Å². The molecule has 1 unspecified atom stereocenters. The Morgan fingerprint density at radius 2 is 2.23 bits per heavy atom. The minimum Gasteiger partial charge on any atom is -0.382 e. The summed E-state index contributed by atoms with van der Waals surface area (Å²) < 4.78 is 27.0. The largest absolute Gasteiger partial charge is 0.382 e. The van der Waals surface area contributed by atoms with Gasteiger partial charge < -0.3 is 5.32 Å². The third-order valence-corrected chi connectivity index (χ3v) is 2.47. The summed E-state index contributed by atoms with van der Waals surface area (Å²) in [5.74, 6) is -0.374. The number of nitrogens with one attached hydrogen (secondary N) is 1. The van der Waals surface area contributed by atoms with Crippen molar-refractivity contribution in [3.8, 4) is 0 Å². The lowest BCUT2D eigenvalue weighted by molar-refractivity contribution is 0.177. The fraction of sp³-hybridized carbons (Fsp3) is 0.400. The predicted molar refractivity (Wildman–Crippen MR) is 48.0 cm³/mol. The van der Waals surface area contributed by atoms with Gasteiger partial charge in [0, 0.05) is 18.5 Å². The monoisotopic (exact) mass is 183 g/mol. The molecule has 1 aliphatic heterocycles. The van der Waals surface area contributed by atoms with Crippen molar-refractivity contribution in [2.75, 3.05) is 11.9 Å². The van der Waals surface area contributed by atoms with Crippen molar-refractivity contribution in [2.45, 2.75) is 19.0 Å². The fourth-order valence-corrected chi connectivity index (χ4v) is 1.70. The molecule has 0 spiro atoms. The molecule has 0 bridgehead atoms. The van der Waals surface area contributed by atoms with Crippen LogP contribution in [0.2, 0.25) is 0 Å². The zero-order valence-corrected chi connectivity index (χ0v) is 7.40. The number of anilines is 1. The number of rotatable bonds is 0. The Hall–Kier alpha value is -1.12. The van der Waals surface area contributed by atoms with Crippen molar-refractivity contribution >= 4 is 5.69 Å². The molecule has 0 amide bonds. The maximum Gasteiger partial charge on any atom is 0.146 e. The van der Waals surface area contributed by atoms with Gasteiger partial charge in [0.1, 0.15) is 11.5 Å². The Morgan fingerprint density at radius 1 is 1.46 bits per heavy atom. The second kappa shape index (κ2) is 2.69. The zero-order chi connectivity index (χ0) is 9.47. The Kier molecular flexibility index (Phi) is 1.75. The van der Waals surface area contributed by atoms with Crippen LogP contribution < -0.4 is 5.32 Å². The topological polar surface area (TPSA) is 12.0 Å². The molecule has 1 aliphatic rings. The van der Waals surface area contributed by atoms with Crippen molar-refractivity contribution in [1.82, 2.24) is 0 Å². The van der Waals surface area contributed by atoms with Gasteiger partial charge in [0.05, 0.1) is 5.69 Å². The molecule has 1 aromatic rings. The van der Waals surface area contributed by atoms with Gasteiger partial charge in [-0.2, -0.15) is 0 Å². The van der Waals surface area contributed by atoms with Gasteiger partial charge in [0.2, 0.25) is 0 Å². The second-order valence-corrected chi connectivity index (χ2v) is 3.54. The molecule has 3 heteroatoms. The van der Waals surface area contributed by atoms with E-state index in [2.05, 4.69) is 5.32 Å². The van der Waals surface area contributed by atoms with E-state index in [1.165, 1.54) is 13.0 Å². The summed E-state index contributed by atoms with van der Waals surface area (Å²) in [5.41, 5.74) is -0.652. The molecule has 1 atom stereocenters. The lowest BCUT2D eigenvalue weighted by atomic mass is 9.90. The van der Waals surface area contributed by atoms with Crippen LogP contribution in [0.25, 0.3) is 0 Å². The Morgan fingerprint density at radius 3 is 2.92 bits per heavy atom. The van der Waals surface area contributed by atoms with Crippen LogP contribution in [0.5, 0.6) is 0 Å². The minimum atomic E-state index is -1.40. The Bertz CT molecular complexity index is 334. The number of fused-ring (bicyclic) bond motifs is 1. The highest BCUT2D eigenvalue weighted by Gasteiger charge is 2.32. The van der Waals surface area contributed by atoms with Crippen LogP contribution in [0.15, 0.2) is 18.2 Å². The van der Waals surface area contributed by atoms with Crippen LogP contribution in [0, 0.1) is 5.82 Å². The van der Waals surface area contributed by atoms with Gasteiger partial charge in [0.15, 0.2) is 0 Å². The van der Waals surface area contributed by atoms with Crippen LogP contribution >= 0.6 is 0 Å². The first-order chi connectivity index (χ1) is 6.11. The molecule has 0 saturated carbocycles. The molecule has 1 heterocycles. The van der Waals surface area contributed by atoms with Crippen molar-refractivity contribution in [3.05, 3.63) is 29.6 Å². The first-order valence-corrected chi connectivity index (χ1v) is 4.33. The number of alkyl halides is 1. The van der Waals surface area contributed by atoms with Crippen molar-refractivity contribution < 1.29 is 8.78 Å². The first kappa shape index (κ1) is 8.48. The highest BCUT2D eigenvalue weighted by atomic mass is 19.1. The van der Waals surface area contributed by atoms with E-state index in [0.29, 0.717) is 24.2 Å². The molecule has 1 nitrogen and oxygen atoms in total. The predicted octanol–water partition coefficient (Wildman–Crippen LogP) is 2.83. The van der Waals surface area contributed by atoms with E-state index >= 15 is 0 Å². The van der Waals surface area contributed by atoms with Gasteiger partial charge in [-0.15, -0.1) is 0 Å². The first-order valence-electron chi connectivity index (χ1n) is 4.33. The summed E-state index contributed by atoms with van der Waals surface area (Å²) in [6, 6.07) is 4.51. The molecule has 13 heavy (non-hydrogen) atoms. The molecule has 0 aliphatic carbocycles. The molecular formula is C10H11F2N. The average Bonchev–Trinajstić information content (AvgIpc) is 2.06. The molecule has 70 valence electrons. The summed E-state index contributed by atoms with van der Waals surface area (Å²) in [6.45, 7) is 1.98. The summed E-state index contributed by atoms with van der Waals surface area (Å²) in [7, 11) is 0. The summed E-state index contributed by atoms with van der Waals surface area (Å²) in [5, 5.41) is 2.87. The SMILES string of the molecule is CC1(F)CCNc2c(F)cccc21. The van der Waals surface area contributed by atoms with Crippen molar-refractivity contribution in [2.24, 2.45) is 0 Å². The smallest absolute Gasteiger partial charge is 0.146 e. The molecule has 2 rings (SSSR count).